The van der Waals surface area contributed by atoms with Crippen molar-refractivity contribution < 1.29 is 18.8 Å². The SMILES string of the molecule is CC(=O)N1CCN(C(=O)[C@H](C2CCCC2)N2CCN(C(=O)c3ccccc3F)CC2)CC1. The Morgan fingerprint density at radius 3 is 2.00 bits per heavy atom. The first-order valence-electron chi connectivity index (χ1n) is 11.8. The molecule has 0 bridgehead atoms. The lowest BCUT2D eigenvalue weighted by atomic mass is 9.94. The van der Waals surface area contributed by atoms with Gasteiger partial charge in [-0.15, -0.1) is 0 Å². The lowest BCUT2D eigenvalue weighted by Crippen LogP contribution is -2.60. The Balaban J connectivity index is 1.41. The maximum atomic E-state index is 14.1. The zero-order valence-corrected chi connectivity index (χ0v) is 18.8. The van der Waals surface area contributed by atoms with E-state index in [1.165, 1.54) is 12.1 Å². The van der Waals surface area contributed by atoms with Crippen LogP contribution in [0, 0.1) is 11.7 Å². The Hall–Kier alpha value is -2.48. The lowest BCUT2D eigenvalue weighted by molar-refractivity contribution is -0.144. The monoisotopic (exact) mass is 444 g/mol. The number of hydrogen-bond donors (Lipinski definition) is 0. The van der Waals surface area contributed by atoms with Gasteiger partial charge in [0.05, 0.1) is 11.6 Å². The first-order valence-corrected chi connectivity index (χ1v) is 11.8. The van der Waals surface area contributed by atoms with Crippen LogP contribution in [0.25, 0.3) is 0 Å². The van der Waals surface area contributed by atoms with Crippen LogP contribution < -0.4 is 0 Å². The molecule has 0 spiro atoms. The number of piperazine rings is 2. The fraction of sp³-hybridized carbons (Fsp3) is 0.625. The molecule has 174 valence electrons. The molecular formula is C24H33FN4O3. The molecule has 7 nitrogen and oxygen atoms in total. The van der Waals surface area contributed by atoms with E-state index < -0.39 is 5.82 Å². The van der Waals surface area contributed by atoms with Crippen LogP contribution in [-0.4, -0.2) is 95.7 Å². The van der Waals surface area contributed by atoms with E-state index in [2.05, 4.69) is 4.90 Å². The summed E-state index contributed by atoms with van der Waals surface area (Å²) in [6, 6.07) is 5.91. The van der Waals surface area contributed by atoms with Gasteiger partial charge in [-0.3, -0.25) is 19.3 Å². The molecule has 3 aliphatic rings. The second-order valence-corrected chi connectivity index (χ2v) is 9.13. The Kier molecular flexibility index (Phi) is 7.08. The third-order valence-electron chi connectivity index (χ3n) is 7.24. The Labute approximate surface area is 189 Å². The quantitative estimate of drug-likeness (QED) is 0.711. The second-order valence-electron chi connectivity index (χ2n) is 9.13. The van der Waals surface area contributed by atoms with Crippen LogP contribution >= 0.6 is 0 Å². The van der Waals surface area contributed by atoms with Crippen LogP contribution in [0.15, 0.2) is 24.3 Å². The summed E-state index contributed by atoms with van der Waals surface area (Å²) in [5.74, 6) is -0.230. The second kappa shape index (κ2) is 9.98. The molecule has 3 amide bonds. The smallest absolute Gasteiger partial charge is 0.256 e. The predicted octanol–water partition coefficient (Wildman–Crippen LogP) is 1.83. The van der Waals surface area contributed by atoms with Gasteiger partial charge in [0.1, 0.15) is 5.82 Å². The summed E-state index contributed by atoms with van der Waals surface area (Å²) in [5, 5.41) is 0. The molecule has 2 heterocycles. The number of nitrogens with zero attached hydrogens (tertiary/aromatic N) is 4. The minimum atomic E-state index is -0.497. The normalized spacial score (nSPS) is 21.6. The fourth-order valence-corrected chi connectivity index (χ4v) is 5.37. The minimum Gasteiger partial charge on any atom is -0.339 e. The molecule has 8 heteroatoms. The number of amides is 3. The van der Waals surface area contributed by atoms with E-state index in [0.29, 0.717) is 58.3 Å². The lowest BCUT2D eigenvalue weighted by Gasteiger charge is -2.44. The van der Waals surface area contributed by atoms with Crippen molar-refractivity contribution >= 4 is 17.7 Å². The van der Waals surface area contributed by atoms with Gasteiger partial charge in [-0.2, -0.15) is 0 Å². The summed E-state index contributed by atoms with van der Waals surface area (Å²) in [6.45, 7) is 6.10. The van der Waals surface area contributed by atoms with Crippen LogP contribution in [0.3, 0.4) is 0 Å². The Morgan fingerprint density at radius 2 is 1.41 bits per heavy atom. The molecule has 0 unspecified atom stereocenters. The molecule has 0 radical (unpaired) electrons. The highest BCUT2D eigenvalue weighted by Crippen LogP contribution is 2.32. The topological polar surface area (TPSA) is 64.2 Å². The van der Waals surface area contributed by atoms with E-state index in [1.807, 2.05) is 4.90 Å². The Morgan fingerprint density at radius 1 is 0.844 bits per heavy atom. The van der Waals surface area contributed by atoms with Crippen molar-refractivity contribution in [2.75, 3.05) is 52.4 Å². The van der Waals surface area contributed by atoms with Crippen molar-refractivity contribution in [3.05, 3.63) is 35.6 Å². The molecule has 1 atom stereocenters. The highest BCUT2D eigenvalue weighted by atomic mass is 19.1. The average Bonchev–Trinajstić information content (AvgIpc) is 3.34. The van der Waals surface area contributed by atoms with Gasteiger partial charge in [0.2, 0.25) is 11.8 Å². The van der Waals surface area contributed by atoms with Gasteiger partial charge in [0, 0.05) is 59.3 Å². The standard InChI is InChI=1S/C24H33FN4O3/c1-18(30)26-10-14-29(15-11-26)24(32)22(19-6-2-3-7-19)27-12-16-28(17-13-27)23(31)20-8-4-5-9-21(20)25/h4-5,8-9,19,22H,2-3,6-7,10-17H2,1H3/t22-/m0/s1. The van der Waals surface area contributed by atoms with Crippen molar-refractivity contribution in [3.63, 3.8) is 0 Å². The van der Waals surface area contributed by atoms with Gasteiger partial charge in [0.15, 0.2) is 0 Å². The van der Waals surface area contributed by atoms with Crippen molar-refractivity contribution in [2.45, 2.75) is 38.6 Å². The van der Waals surface area contributed by atoms with Crippen LogP contribution in [0.4, 0.5) is 4.39 Å². The Bertz CT molecular complexity index is 841. The zero-order chi connectivity index (χ0) is 22.7. The molecule has 2 saturated heterocycles. The molecule has 0 N–H and O–H groups in total. The summed E-state index contributed by atoms with van der Waals surface area (Å²) in [4.78, 5) is 45.6. The van der Waals surface area contributed by atoms with E-state index >= 15 is 0 Å². The van der Waals surface area contributed by atoms with Crippen molar-refractivity contribution in [1.29, 1.82) is 0 Å². The van der Waals surface area contributed by atoms with Gasteiger partial charge in [-0.1, -0.05) is 25.0 Å². The highest BCUT2D eigenvalue weighted by molar-refractivity contribution is 5.94. The van der Waals surface area contributed by atoms with E-state index in [0.717, 1.165) is 25.7 Å². The molecule has 2 aliphatic heterocycles. The minimum absolute atomic E-state index is 0.0556. The van der Waals surface area contributed by atoms with Crippen LogP contribution in [0.2, 0.25) is 0 Å². The maximum Gasteiger partial charge on any atom is 0.256 e. The summed E-state index contributed by atoms with van der Waals surface area (Å²) < 4.78 is 14.1. The van der Waals surface area contributed by atoms with Gasteiger partial charge < -0.3 is 14.7 Å². The summed E-state index contributed by atoms with van der Waals surface area (Å²) in [5.41, 5.74) is 0.104. The molecular weight excluding hydrogens is 411 g/mol. The van der Waals surface area contributed by atoms with E-state index in [9.17, 15) is 18.8 Å². The molecule has 1 aromatic rings. The van der Waals surface area contributed by atoms with Crippen LogP contribution in [-0.2, 0) is 9.59 Å². The average molecular weight is 445 g/mol. The van der Waals surface area contributed by atoms with Gasteiger partial charge >= 0.3 is 0 Å². The molecule has 4 rings (SSSR count). The summed E-state index contributed by atoms with van der Waals surface area (Å²) in [6.07, 6.45) is 4.41. The van der Waals surface area contributed by atoms with Crippen molar-refractivity contribution in [3.8, 4) is 0 Å². The fourth-order valence-electron chi connectivity index (χ4n) is 5.37. The number of hydrogen-bond acceptors (Lipinski definition) is 4. The zero-order valence-electron chi connectivity index (χ0n) is 18.8. The van der Waals surface area contributed by atoms with Gasteiger partial charge in [-0.05, 0) is 30.9 Å². The first kappa shape index (κ1) is 22.7. The molecule has 3 fully saturated rings. The van der Waals surface area contributed by atoms with E-state index in [-0.39, 0.29) is 29.3 Å². The number of benzene rings is 1. The van der Waals surface area contributed by atoms with Crippen LogP contribution in [0.5, 0.6) is 0 Å². The molecule has 32 heavy (non-hydrogen) atoms. The van der Waals surface area contributed by atoms with Crippen molar-refractivity contribution in [2.24, 2.45) is 5.92 Å². The first-order chi connectivity index (χ1) is 15.5. The molecule has 1 saturated carbocycles. The highest BCUT2D eigenvalue weighted by Gasteiger charge is 2.40. The van der Waals surface area contributed by atoms with Crippen LogP contribution in [0.1, 0.15) is 43.0 Å². The van der Waals surface area contributed by atoms with E-state index in [4.69, 9.17) is 0 Å². The van der Waals surface area contributed by atoms with Gasteiger partial charge in [-0.25, -0.2) is 4.39 Å². The number of carbonyl (C=O) groups excluding carboxylic acids is 3. The maximum absolute atomic E-state index is 14.1. The molecule has 0 aromatic heterocycles. The summed E-state index contributed by atoms with van der Waals surface area (Å²) >= 11 is 0. The predicted molar refractivity (Wildman–Crippen MR) is 118 cm³/mol. The molecule has 1 aliphatic carbocycles. The number of carbonyl (C=O) groups is 3. The number of rotatable bonds is 4. The number of halogens is 1. The molecule has 1 aromatic carbocycles. The van der Waals surface area contributed by atoms with Crippen molar-refractivity contribution in [1.82, 2.24) is 19.6 Å². The third-order valence-corrected chi connectivity index (χ3v) is 7.24. The van der Waals surface area contributed by atoms with E-state index in [1.54, 1.807) is 28.9 Å². The largest absolute Gasteiger partial charge is 0.339 e. The summed E-state index contributed by atoms with van der Waals surface area (Å²) in [7, 11) is 0. The third kappa shape index (κ3) is 4.80. The van der Waals surface area contributed by atoms with Gasteiger partial charge in [0.25, 0.3) is 5.91 Å².